The number of benzene rings is 2. The van der Waals surface area contributed by atoms with Gasteiger partial charge in [-0.05, 0) is 87.4 Å². The Hall–Kier alpha value is -2.58. The van der Waals surface area contributed by atoms with Crippen molar-refractivity contribution in [2.24, 2.45) is 5.92 Å². The molecule has 208 valence electrons. The fourth-order valence-electron chi connectivity index (χ4n) is 5.38. The summed E-state index contributed by atoms with van der Waals surface area (Å²) >= 11 is 0. The molecule has 2 saturated heterocycles. The Morgan fingerprint density at radius 3 is 2.39 bits per heavy atom. The minimum Gasteiger partial charge on any atom is -0.490 e. The number of hydrogen-bond donors (Lipinski definition) is 1. The molecule has 5 nitrogen and oxygen atoms in total. The zero-order valence-corrected chi connectivity index (χ0v) is 22.4. The number of piperidine rings is 2. The Balaban J connectivity index is 1.32. The third-order valence-electron chi connectivity index (χ3n) is 8.10. The molecule has 0 aliphatic carbocycles. The number of ether oxygens (including phenoxy) is 1. The Labute approximate surface area is 223 Å². The van der Waals surface area contributed by atoms with Crippen molar-refractivity contribution in [1.82, 2.24) is 9.80 Å². The van der Waals surface area contributed by atoms with E-state index in [9.17, 15) is 23.1 Å². The van der Waals surface area contributed by atoms with Gasteiger partial charge >= 0.3 is 0 Å². The van der Waals surface area contributed by atoms with Gasteiger partial charge in [-0.2, -0.15) is 0 Å². The molecule has 0 radical (unpaired) electrons. The number of halogens is 3. The lowest BCUT2D eigenvalue weighted by molar-refractivity contribution is 0.0473. The zero-order chi connectivity index (χ0) is 27.3. The van der Waals surface area contributed by atoms with Crippen molar-refractivity contribution in [3.8, 4) is 16.9 Å². The molecule has 2 aromatic rings. The molecule has 2 aromatic carbocycles. The van der Waals surface area contributed by atoms with Gasteiger partial charge in [0.1, 0.15) is 11.5 Å². The predicted octanol–water partition coefficient (Wildman–Crippen LogP) is 5.85. The molecule has 0 spiro atoms. The molecular weight excluding hydrogens is 493 g/mol. The van der Waals surface area contributed by atoms with Gasteiger partial charge in [-0.3, -0.25) is 4.79 Å². The van der Waals surface area contributed by atoms with Crippen molar-refractivity contribution in [2.75, 3.05) is 39.3 Å². The van der Waals surface area contributed by atoms with Crippen LogP contribution in [0.5, 0.6) is 5.75 Å². The molecule has 0 bridgehead atoms. The van der Waals surface area contributed by atoms with Crippen LogP contribution in [-0.4, -0.2) is 71.9 Å². The highest BCUT2D eigenvalue weighted by Crippen LogP contribution is 2.30. The fourth-order valence-corrected chi connectivity index (χ4v) is 5.38. The van der Waals surface area contributed by atoms with Gasteiger partial charge in [0.2, 0.25) is 0 Å². The number of alkyl halides is 1. The van der Waals surface area contributed by atoms with E-state index in [4.69, 9.17) is 4.74 Å². The summed E-state index contributed by atoms with van der Waals surface area (Å²) < 4.78 is 50.3. The quantitative estimate of drug-likeness (QED) is 0.440. The second-order valence-corrected chi connectivity index (χ2v) is 10.8. The van der Waals surface area contributed by atoms with Gasteiger partial charge in [-0.1, -0.05) is 26.0 Å². The molecule has 0 aromatic heterocycles. The van der Waals surface area contributed by atoms with Crippen LogP contribution in [0.15, 0.2) is 36.4 Å². The molecule has 38 heavy (non-hydrogen) atoms. The van der Waals surface area contributed by atoms with Crippen LogP contribution >= 0.6 is 0 Å². The van der Waals surface area contributed by atoms with E-state index in [1.807, 2.05) is 13.8 Å². The summed E-state index contributed by atoms with van der Waals surface area (Å²) in [5, 5.41) is 9.82. The Kier molecular flexibility index (Phi) is 9.36. The molecule has 2 heterocycles. The predicted molar refractivity (Wildman–Crippen MR) is 142 cm³/mol. The van der Waals surface area contributed by atoms with E-state index in [-0.39, 0.29) is 35.2 Å². The average Bonchev–Trinajstić information content (AvgIpc) is 2.92. The van der Waals surface area contributed by atoms with Gasteiger partial charge in [0.25, 0.3) is 5.91 Å². The minimum atomic E-state index is -1.14. The summed E-state index contributed by atoms with van der Waals surface area (Å²) in [7, 11) is 0. The normalized spacial score (nSPS) is 19.5. The van der Waals surface area contributed by atoms with E-state index in [0.717, 1.165) is 25.9 Å². The average molecular weight is 533 g/mol. The molecule has 0 saturated carbocycles. The number of aliphatic hydroxyl groups is 1. The lowest BCUT2D eigenvalue weighted by atomic mass is 9.94. The summed E-state index contributed by atoms with van der Waals surface area (Å²) in [5.41, 5.74) is -0.385. The summed E-state index contributed by atoms with van der Waals surface area (Å²) in [4.78, 5) is 16.4. The maximum Gasteiger partial charge on any atom is 0.254 e. The Morgan fingerprint density at radius 2 is 1.76 bits per heavy atom. The van der Waals surface area contributed by atoms with Crippen LogP contribution in [0.25, 0.3) is 11.1 Å². The molecule has 1 amide bonds. The van der Waals surface area contributed by atoms with Crippen LogP contribution in [0.2, 0.25) is 0 Å². The molecule has 1 atom stereocenters. The van der Waals surface area contributed by atoms with Gasteiger partial charge in [-0.15, -0.1) is 0 Å². The van der Waals surface area contributed by atoms with Crippen LogP contribution in [0.1, 0.15) is 62.7 Å². The molecule has 8 heteroatoms. The van der Waals surface area contributed by atoms with E-state index >= 15 is 0 Å². The molecule has 2 fully saturated rings. The highest BCUT2D eigenvalue weighted by Gasteiger charge is 2.30. The van der Waals surface area contributed by atoms with Crippen LogP contribution in [0.4, 0.5) is 13.2 Å². The van der Waals surface area contributed by atoms with Crippen LogP contribution in [-0.2, 0) is 0 Å². The first-order valence-electron chi connectivity index (χ1n) is 13.8. The number of amides is 1. The Bertz CT molecular complexity index is 1100. The van der Waals surface area contributed by atoms with E-state index in [2.05, 4.69) is 4.90 Å². The van der Waals surface area contributed by atoms with Crippen molar-refractivity contribution in [3.63, 3.8) is 0 Å². The number of likely N-dealkylation sites (tertiary alicyclic amines) is 2. The van der Waals surface area contributed by atoms with E-state index < -0.39 is 23.4 Å². The second kappa shape index (κ2) is 12.5. The Morgan fingerprint density at radius 1 is 1.03 bits per heavy atom. The van der Waals surface area contributed by atoms with Crippen molar-refractivity contribution in [2.45, 2.75) is 64.1 Å². The molecule has 4 rings (SSSR count). The fraction of sp³-hybridized carbons (Fsp3) is 0.567. The van der Waals surface area contributed by atoms with Gasteiger partial charge < -0.3 is 19.6 Å². The van der Waals surface area contributed by atoms with Gasteiger partial charge in [0.15, 0.2) is 11.6 Å². The summed E-state index contributed by atoms with van der Waals surface area (Å²) in [6.45, 7) is 6.98. The SMILES string of the molecule is CCC(F)(CC)CN1CCC(COc2ccc(-c3ccc(C(=O)N4CCC[C@@H](O)C4)cc3F)cc2F)CC1. The van der Waals surface area contributed by atoms with Crippen molar-refractivity contribution in [1.29, 1.82) is 0 Å². The van der Waals surface area contributed by atoms with Crippen molar-refractivity contribution < 1.29 is 27.8 Å². The highest BCUT2D eigenvalue weighted by atomic mass is 19.1. The zero-order valence-electron chi connectivity index (χ0n) is 22.4. The van der Waals surface area contributed by atoms with Gasteiger partial charge in [0, 0.05) is 30.8 Å². The molecular formula is C30H39F3N2O3. The highest BCUT2D eigenvalue weighted by molar-refractivity contribution is 5.95. The first kappa shape index (κ1) is 28.4. The van der Waals surface area contributed by atoms with E-state index in [0.29, 0.717) is 50.9 Å². The number of hydrogen-bond acceptors (Lipinski definition) is 4. The third-order valence-corrected chi connectivity index (χ3v) is 8.10. The number of carbonyl (C=O) groups is 1. The standard InChI is InChI=1S/C30H39F3N2O3/c1-3-30(33,4-2)20-34-14-11-21(12-15-34)19-38-28-10-8-22(16-27(28)32)25-9-7-23(17-26(25)31)29(37)35-13-5-6-24(36)18-35/h7-10,16-17,21,24,36H,3-6,11-15,18-20H2,1-2H3/t24-/m1/s1. The molecule has 1 N–H and O–H groups in total. The van der Waals surface area contributed by atoms with E-state index in [1.165, 1.54) is 35.2 Å². The smallest absolute Gasteiger partial charge is 0.254 e. The minimum absolute atomic E-state index is 0.117. The van der Waals surface area contributed by atoms with Gasteiger partial charge in [0.05, 0.1) is 12.7 Å². The summed E-state index contributed by atoms with van der Waals surface area (Å²) in [6, 6.07) is 8.54. The number of carbonyl (C=O) groups excluding carboxylic acids is 1. The first-order valence-corrected chi connectivity index (χ1v) is 13.8. The number of rotatable bonds is 9. The van der Waals surface area contributed by atoms with Crippen molar-refractivity contribution in [3.05, 3.63) is 53.6 Å². The summed E-state index contributed by atoms with van der Waals surface area (Å²) in [5.74, 6) is -1.13. The van der Waals surface area contributed by atoms with Crippen LogP contribution < -0.4 is 4.74 Å². The van der Waals surface area contributed by atoms with E-state index in [1.54, 1.807) is 6.07 Å². The lowest BCUT2D eigenvalue weighted by Gasteiger charge is -2.36. The van der Waals surface area contributed by atoms with Crippen LogP contribution in [0, 0.1) is 17.6 Å². The molecule has 2 aliphatic rings. The van der Waals surface area contributed by atoms with Gasteiger partial charge in [-0.25, -0.2) is 13.2 Å². The largest absolute Gasteiger partial charge is 0.490 e. The molecule has 0 unspecified atom stereocenters. The van der Waals surface area contributed by atoms with Crippen LogP contribution in [0.3, 0.4) is 0 Å². The number of aliphatic hydroxyl groups excluding tert-OH is 1. The lowest BCUT2D eigenvalue weighted by Crippen LogP contribution is -2.44. The topological polar surface area (TPSA) is 53.0 Å². The monoisotopic (exact) mass is 532 g/mol. The van der Waals surface area contributed by atoms with Crippen molar-refractivity contribution >= 4 is 5.91 Å². The second-order valence-electron chi connectivity index (χ2n) is 10.8. The maximum atomic E-state index is 14.9. The summed E-state index contributed by atoms with van der Waals surface area (Å²) in [6.07, 6.45) is 3.57. The third kappa shape index (κ3) is 6.89. The number of nitrogens with zero attached hydrogens (tertiary/aromatic N) is 2. The first-order chi connectivity index (χ1) is 18.2. The number of β-amino-alcohol motifs (C(OH)–C–C–N with tert-alkyl or cyclic N) is 1. The maximum absolute atomic E-state index is 14.9. The molecule has 2 aliphatic heterocycles.